The fourth-order valence-corrected chi connectivity index (χ4v) is 2.04. The van der Waals surface area contributed by atoms with Gasteiger partial charge in [0.15, 0.2) is 6.61 Å². The van der Waals surface area contributed by atoms with Crippen molar-refractivity contribution in [2.75, 3.05) is 24.6 Å². The minimum Gasteiger partial charge on any atom is -0.482 e. The molecule has 0 radical (unpaired) electrons. The van der Waals surface area contributed by atoms with E-state index in [0.29, 0.717) is 29.5 Å². The largest absolute Gasteiger partial charge is 0.482 e. The van der Waals surface area contributed by atoms with Gasteiger partial charge in [-0.05, 0) is 23.6 Å². The van der Waals surface area contributed by atoms with Crippen molar-refractivity contribution in [1.82, 2.24) is 5.32 Å². The lowest BCUT2D eigenvalue weighted by atomic mass is 10.1. The highest BCUT2D eigenvalue weighted by atomic mass is 16.5. The van der Waals surface area contributed by atoms with E-state index >= 15 is 0 Å². The van der Waals surface area contributed by atoms with Crippen molar-refractivity contribution in [3.8, 4) is 5.75 Å². The monoisotopic (exact) mass is 292 g/mol. The number of aliphatic hydroxyl groups excluding tert-OH is 1. The van der Waals surface area contributed by atoms with Gasteiger partial charge in [-0.2, -0.15) is 0 Å². The second kappa shape index (κ2) is 6.58. The number of fused-ring (bicyclic) bond motifs is 1. The first-order chi connectivity index (χ1) is 10.0. The molecule has 2 N–H and O–H groups in total. The van der Waals surface area contributed by atoms with Crippen LogP contribution in [0.2, 0.25) is 0 Å². The number of nitrogens with zero attached hydrogens (tertiary/aromatic N) is 1. The number of hydrogen-bond acceptors (Lipinski definition) is 4. The molecule has 0 aromatic heterocycles. The molecular formula is C15H20N2O4. The van der Waals surface area contributed by atoms with Gasteiger partial charge in [-0.1, -0.05) is 19.9 Å². The maximum absolute atomic E-state index is 12.0. The van der Waals surface area contributed by atoms with Gasteiger partial charge in [-0.25, -0.2) is 0 Å². The van der Waals surface area contributed by atoms with Crippen LogP contribution in [-0.2, 0) is 16.2 Å². The second-order valence-corrected chi connectivity index (χ2v) is 5.43. The predicted molar refractivity (Wildman–Crippen MR) is 78.1 cm³/mol. The van der Waals surface area contributed by atoms with Gasteiger partial charge < -0.3 is 15.2 Å². The van der Waals surface area contributed by atoms with Gasteiger partial charge in [0.1, 0.15) is 12.3 Å². The van der Waals surface area contributed by atoms with E-state index in [0.717, 1.165) is 0 Å². The molecule has 0 atom stereocenters. The summed E-state index contributed by atoms with van der Waals surface area (Å²) in [4.78, 5) is 25.3. The number of rotatable bonds is 5. The topological polar surface area (TPSA) is 78.9 Å². The summed E-state index contributed by atoms with van der Waals surface area (Å²) in [6.07, 6.45) is 0. The summed E-state index contributed by atoms with van der Waals surface area (Å²) >= 11 is 0. The second-order valence-electron chi connectivity index (χ2n) is 5.43. The molecule has 1 aromatic rings. The first-order valence-corrected chi connectivity index (χ1v) is 6.95. The predicted octanol–water partition coefficient (Wildman–Crippen LogP) is 0.676. The lowest BCUT2D eigenvalue weighted by molar-refractivity contribution is -0.125. The smallest absolute Gasteiger partial charge is 0.265 e. The number of amides is 2. The van der Waals surface area contributed by atoms with Crippen molar-refractivity contribution >= 4 is 17.5 Å². The summed E-state index contributed by atoms with van der Waals surface area (Å²) in [5.41, 5.74) is 1.19. The third-order valence-electron chi connectivity index (χ3n) is 3.16. The van der Waals surface area contributed by atoms with Crippen LogP contribution in [0.15, 0.2) is 18.2 Å². The van der Waals surface area contributed by atoms with E-state index < -0.39 is 0 Å². The van der Waals surface area contributed by atoms with Crippen LogP contribution < -0.4 is 15.0 Å². The molecule has 21 heavy (non-hydrogen) atoms. The summed E-state index contributed by atoms with van der Waals surface area (Å²) in [6, 6.07) is 5.10. The van der Waals surface area contributed by atoms with Crippen LogP contribution in [0.4, 0.5) is 5.69 Å². The number of aliphatic hydroxyl groups is 1. The van der Waals surface area contributed by atoms with E-state index in [1.54, 1.807) is 18.2 Å². The summed E-state index contributed by atoms with van der Waals surface area (Å²) in [5, 5.41) is 12.0. The molecule has 1 aliphatic heterocycles. The Morgan fingerprint density at radius 3 is 2.90 bits per heavy atom. The van der Waals surface area contributed by atoms with Gasteiger partial charge in [0.25, 0.3) is 5.91 Å². The van der Waals surface area contributed by atoms with Crippen molar-refractivity contribution in [3.63, 3.8) is 0 Å². The highest BCUT2D eigenvalue weighted by molar-refractivity contribution is 6.02. The molecule has 0 saturated heterocycles. The average molecular weight is 292 g/mol. The van der Waals surface area contributed by atoms with E-state index in [9.17, 15) is 14.7 Å². The van der Waals surface area contributed by atoms with Crippen LogP contribution in [0.3, 0.4) is 0 Å². The van der Waals surface area contributed by atoms with Crippen molar-refractivity contribution in [2.24, 2.45) is 5.92 Å². The van der Waals surface area contributed by atoms with Crippen molar-refractivity contribution in [1.29, 1.82) is 0 Å². The molecule has 0 saturated carbocycles. The van der Waals surface area contributed by atoms with Gasteiger partial charge in [0.2, 0.25) is 5.91 Å². The van der Waals surface area contributed by atoms with Gasteiger partial charge in [-0.3, -0.25) is 14.5 Å². The molecule has 0 aliphatic carbocycles. The summed E-state index contributed by atoms with van der Waals surface area (Å²) in [5.74, 6) is 0.419. The van der Waals surface area contributed by atoms with Gasteiger partial charge in [0.05, 0.1) is 12.3 Å². The molecule has 0 spiro atoms. The van der Waals surface area contributed by atoms with Gasteiger partial charge in [-0.15, -0.1) is 0 Å². The summed E-state index contributed by atoms with van der Waals surface area (Å²) < 4.78 is 5.34. The Morgan fingerprint density at radius 2 is 2.24 bits per heavy atom. The Bertz CT molecular complexity index is 542. The Hall–Kier alpha value is -2.08. The Morgan fingerprint density at radius 1 is 1.48 bits per heavy atom. The molecule has 2 rings (SSSR count). The third kappa shape index (κ3) is 3.72. The number of anilines is 1. The molecule has 2 amide bonds. The highest BCUT2D eigenvalue weighted by Gasteiger charge is 2.27. The average Bonchev–Trinajstić information content (AvgIpc) is 2.47. The Labute approximate surface area is 123 Å². The zero-order valence-electron chi connectivity index (χ0n) is 12.3. The standard InChI is InChI=1S/C15H20N2O4/c1-10(2)6-16-14(19)7-17-12-5-11(8-18)3-4-13(12)21-9-15(17)20/h3-5,10,18H,6-9H2,1-2H3,(H,16,19). The maximum atomic E-state index is 12.0. The van der Waals surface area contributed by atoms with E-state index in [2.05, 4.69) is 5.32 Å². The normalized spacial score (nSPS) is 13.9. The zero-order valence-corrected chi connectivity index (χ0v) is 12.3. The zero-order chi connectivity index (χ0) is 15.4. The molecule has 0 unspecified atom stereocenters. The molecule has 114 valence electrons. The minimum atomic E-state index is -0.266. The lowest BCUT2D eigenvalue weighted by Crippen LogP contribution is -2.45. The Kier molecular flexibility index (Phi) is 4.80. The number of ether oxygens (including phenoxy) is 1. The lowest BCUT2D eigenvalue weighted by Gasteiger charge is -2.29. The SMILES string of the molecule is CC(C)CNC(=O)CN1C(=O)COc2ccc(CO)cc21. The molecule has 0 bridgehead atoms. The number of hydrogen-bond donors (Lipinski definition) is 2. The number of carbonyl (C=O) groups is 2. The van der Waals surface area contributed by atoms with Crippen LogP contribution in [0.1, 0.15) is 19.4 Å². The van der Waals surface area contributed by atoms with Crippen LogP contribution in [0, 0.1) is 5.92 Å². The van der Waals surface area contributed by atoms with E-state index in [-0.39, 0.29) is 31.6 Å². The number of carbonyl (C=O) groups excluding carboxylic acids is 2. The van der Waals surface area contributed by atoms with Crippen molar-refractivity contribution in [2.45, 2.75) is 20.5 Å². The van der Waals surface area contributed by atoms with E-state index in [1.165, 1.54) is 4.90 Å². The molecule has 6 heteroatoms. The summed E-state index contributed by atoms with van der Waals surface area (Å²) in [7, 11) is 0. The number of nitrogens with one attached hydrogen (secondary N) is 1. The van der Waals surface area contributed by atoms with Crippen LogP contribution in [0.25, 0.3) is 0 Å². The van der Waals surface area contributed by atoms with Crippen molar-refractivity contribution in [3.05, 3.63) is 23.8 Å². The van der Waals surface area contributed by atoms with Crippen LogP contribution in [-0.4, -0.2) is 36.6 Å². The third-order valence-corrected chi connectivity index (χ3v) is 3.16. The molecular weight excluding hydrogens is 272 g/mol. The molecule has 1 heterocycles. The Balaban J connectivity index is 2.15. The molecule has 6 nitrogen and oxygen atoms in total. The fraction of sp³-hybridized carbons (Fsp3) is 0.467. The van der Waals surface area contributed by atoms with E-state index in [4.69, 9.17) is 4.74 Å². The van der Waals surface area contributed by atoms with Crippen LogP contribution >= 0.6 is 0 Å². The molecule has 0 fully saturated rings. The summed E-state index contributed by atoms with van der Waals surface area (Å²) in [6.45, 7) is 4.32. The van der Waals surface area contributed by atoms with Gasteiger partial charge >= 0.3 is 0 Å². The van der Waals surface area contributed by atoms with Gasteiger partial charge in [0, 0.05) is 6.54 Å². The first-order valence-electron chi connectivity index (χ1n) is 6.95. The highest BCUT2D eigenvalue weighted by Crippen LogP contribution is 2.32. The van der Waals surface area contributed by atoms with Crippen molar-refractivity contribution < 1.29 is 19.4 Å². The molecule has 1 aromatic carbocycles. The number of benzene rings is 1. The van der Waals surface area contributed by atoms with E-state index in [1.807, 2.05) is 13.8 Å². The minimum absolute atomic E-state index is 0.0448. The van der Waals surface area contributed by atoms with Crippen LogP contribution in [0.5, 0.6) is 5.75 Å². The first kappa shape index (κ1) is 15.3. The fourth-order valence-electron chi connectivity index (χ4n) is 2.04. The quantitative estimate of drug-likeness (QED) is 0.836. The maximum Gasteiger partial charge on any atom is 0.265 e. The molecule has 1 aliphatic rings.